The van der Waals surface area contributed by atoms with Gasteiger partial charge in [-0.1, -0.05) is 6.07 Å². The average molecular weight is 323 g/mol. The maximum absolute atomic E-state index is 12.1. The van der Waals surface area contributed by atoms with Gasteiger partial charge >= 0.3 is 0 Å². The first-order valence-electron chi connectivity index (χ1n) is 7.42. The van der Waals surface area contributed by atoms with Crippen molar-refractivity contribution in [2.75, 3.05) is 13.1 Å². The molecule has 0 aromatic carbocycles. The first kappa shape index (κ1) is 16.5. The lowest BCUT2D eigenvalue weighted by Crippen LogP contribution is -2.52. The molecule has 6 nitrogen and oxygen atoms in total. The standard InChI is InChI=1S/C15H21N3O3S/c1-10(16-14(20)12-6-5-9-22-12)13(19)17-11(2)15(21)18-7-3-4-8-18/h5-6,9-11H,3-4,7-8H2,1-2H3,(H,16,20)(H,17,19)/t10-,11+/m0/s1. The van der Waals surface area contributed by atoms with Gasteiger partial charge in [0.25, 0.3) is 5.91 Å². The Morgan fingerprint density at radius 2 is 1.82 bits per heavy atom. The van der Waals surface area contributed by atoms with Crippen LogP contribution in [0.15, 0.2) is 17.5 Å². The minimum absolute atomic E-state index is 0.0670. The molecule has 2 atom stereocenters. The molecule has 0 unspecified atom stereocenters. The Hall–Kier alpha value is -1.89. The fourth-order valence-corrected chi connectivity index (χ4v) is 2.98. The van der Waals surface area contributed by atoms with Crippen LogP contribution in [0.1, 0.15) is 36.4 Å². The highest BCUT2D eigenvalue weighted by molar-refractivity contribution is 7.12. The smallest absolute Gasteiger partial charge is 0.261 e. The summed E-state index contributed by atoms with van der Waals surface area (Å²) < 4.78 is 0. The normalized spacial score (nSPS) is 16.9. The number of thiophene rings is 1. The Morgan fingerprint density at radius 3 is 2.41 bits per heavy atom. The molecule has 2 rings (SSSR count). The number of hydrogen-bond acceptors (Lipinski definition) is 4. The SMILES string of the molecule is C[C@H](NC(=O)c1cccs1)C(=O)N[C@H](C)C(=O)N1CCCC1. The maximum atomic E-state index is 12.1. The number of nitrogens with one attached hydrogen (secondary N) is 2. The molecule has 1 fully saturated rings. The summed E-state index contributed by atoms with van der Waals surface area (Å²) in [5.41, 5.74) is 0. The lowest BCUT2D eigenvalue weighted by molar-refractivity contribution is -0.135. The highest BCUT2D eigenvalue weighted by Gasteiger charge is 2.26. The van der Waals surface area contributed by atoms with Crippen LogP contribution in [0.4, 0.5) is 0 Å². The van der Waals surface area contributed by atoms with E-state index >= 15 is 0 Å². The molecule has 1 aliphatic heterocycles. The van der Waals surface area contributed by atoms with E-state index in [1.165, 1.54) is 11.3 Å². The van der Waals surface area contributed by atoms with Crippen LogP contribution in [0.2, 0.25) is 0 Å². The largest absolute Gasteiger partial charge is 0.343 e. The van der Waals surface area contributed by atoms with Crippen LogP contribution in [0.25, 0.3) is 0 Å². The van der Waals surface area contributed by atoms with E-state index in [4.69, 9.17) is 0 Å². The van der Waals surface area contributed by atoms with Crippen molar-refractivity contribution in [1.82, 2.24) is 15.5 Å². The Kier molecular flexibility index (Phi) is 5.54. The number of carbonyl (C=O) groups is 3. The molecular weight excluding hydrogens is 302 g/mol. The molecule has 22 heavy (non-hydrogen) atoms. The van der Waals surface area contributed by atoms with Crippen molar-refractivity contribution in [2.24, 2.45) is 0 Å². The van der Waals surface area contributed by atoms with E-state index in [2.05, 4.69) is 10.6 Å². The molecule has 0 radical (unpaired) electrons. The third-order valence-electron chi connectivity index (χ3n) is 3.63. The van der Waals surface area contributed by atoms with Crippen molar-refractivity contribution < 1.29 is 14.4 Å². The molecule has 1 saturated heterocycles. The highest BCUT2D eigenvalue weighted by Crippen LogP contribution is 2.10. The van der Waals surface area contributed by atoms with Gasteiger partial charge in [0.15, 0.2) is 0 Å². The van der Waals surface area contributed by atoms with Gasteiger partial charge in [-0.15, -0.1) is 11.3 Å². The molecule has 1 aromatic rings. The lowest BCUT2D eigenvalue weighted by atomic mass is 10.2. The molecule has 1 aliphatic rings. The monoisotopic (exact) mass is 323 g/mol. The van der Waals surface area contributed by atoms with Gasteiger partial charge in [-0.2, -0.15) is 0 Å². The second-order valence-corrected chi connectivity index (χ2v) is 6.38. The fourth-order valence-electron chi connectivity index (χ4n) is 2.35. The molecule has 7 heteroatoms. The van der Waals surface area contributed by atoms with E-state index in [1.54, 1.807) is 36.3 Å². The second-order valence-electron chi connectivity index (χ2n) is 5.44. The Morgan fingerprint density at radius 1 is 1.14 bits per heavy atom. The summed E-state index contributed by atoms with van der Waals surface area (Å²) in [6.45, 7) is 4.79. The zero-order chi connectivity index (χ0) is 16.1. The van der Waals surface area contributed by atoms with Crippen LogP contribution in [-0.2, 0) is 9.59 Å². The predicted octanol–water partition coefficient (Wildman–Crippen LogP) is 0.993. The molecule has 1 aromatic heterocycles. The van der Waals surface area contributed by atoms with E-state index in [9.17, 15) is 14.4 Å². The van der Waals surface area contributed by atoms with Crippen LogP contribution in [0, 0.1) is 0 Å². The van der Waals surface area contributed by atoms with Gasteiger partial charge in [-0.3, -0.25) is 14.4 Å². The minimum atomic E-state index is -0.691. The van der Waals surface area contributed by atoms with Crippen molar-refractivity contribution in [3.05, 3.63) is 22.4 Å². The van der Waals surface area contributed by atoms with Gasteiger partial charge in [0, 0.05) is 13.1 Å². The number of likely N-dealkylation sites (tertiary alicyclic amines) is 1. The number of nitrogens with zero attached hydrogens (tertiary/aromatic N) is 1. The number of hydrogen-bond donors (Lipinski definition) is 2. The molecule has 2 N–H and O–H groups in total. The van der Waals surface area contributed by atoms with E-state index in [-0.39, 0.29) is 17.7 Å². The zero-order valence-corrected chi connectivity index (χ0v) is 13.6. The quantitative estimate of drug-likeness (QED) is 0.848. The average Bonchev–Trinajstić information content (AvgIpc) is 3.18. The number of rotatable bonds is 5. The summed E-state index contributed by atoms with van der Waals surface area (Å²) in [7, 11) is 0. The van der Waals surface area contributed by atoms with Crippen LogP contribution in [-0.4, -0.2) is 47.8 Å². The summed E-state index contributed by atoms with van der Waals surface area (Å²) in [5.74, 6) is -0.705. The second kappa shape index (κ2) is 7.40. The van der Waals surface area contributed by atoms with E-state index < -0.39 is 12.1 Å². The molecular formula is C15H21N3O3S. The summed E-state index contributed by atoms with van der Waals surface area (Å²) in [4.78, 5) is 38.4. The first-order valence-corrected chi connectivity index (χ1v) is 8.30. The van der Waals surface area contributed by atoms with Gasteiger partial charge in [-0.05, 0) is 38.1 Å². The number of carbonyl (C=O) groups excluding carboxylic acids is 3. The first-order chi connectivity index (χ1) is 10.5. The molecule has 2 heterocycles. The van der Waals surface area contributed by atoms with E-state index in [0.29, 0.717) is 4.88 Å². The van der Waals surface area contributed by atoms with Crippen molar-refractivity contribution in [3.63, 3.8) is 0 Å². The van der Waals surface area contributed by atoms with Crippen LogP contribution >= 0.6 is 11.3 Å². The van der Waals surface area contributed by atoms with Gasteiger partial charge in [0.05, 0.1) is 4.88 Å². The maximum Gasteiger partial charge on any atom is 0.261 e. The lowest BCUT2D eigenvalue weighted by Gasteiger charge is -2.22. The number of amides is 3. The third kappa shape index (κ3) is 4.07. The van der Waals surface area contributed by atoms with Crippen molar-refractivity contribution in [2.45, 2.75) is 38.8 Å². The Labute approximate surface area is 133 Å². The van der Waals surface area contributed by atoms with Gasteiger partial charge < -0.3 is 15.5 Å². The van der Waals surface area contributed by atoms with Crippen LogP contribution in [0.5, 0.6) is 0 Å². The summed E-state index contributed by atoms with van der Waals surface area (Å²) in [5, 5.41) is 7.10. The fraction of sp³-hybridized carbons (Fsp3) is 0.533. The molecule has 0 spiro atoms. The molecule has 0 bridgehead atoms. The van der Waals surface area contributed by atoms with Crippen LogP contribution in [0.3, 0.4) is 0 Å². The summed E-state index contributed by atoms with van der Waals surface area (Å²) in [6.07, 6.45) is 2.03. The van der Waals surface area contributed by atoms with Crippen molar-refractivity contribution in [1.29, 1.82) is 0 Å². The van der Waals surface area contributed by atoms with Crippen molar-refractivity contribution >= 4 is 29.1 Å². The third-order valence-corrected chi connectivity index (χ3v) is 4.50. The Bertz CT molecular complexity index is 538. The Balaban J connectivity index is 1.82. The van der Waals surface area contributed by atoms with Crippen molar-refractivity contribution in [3.8, 4) is 0 Å². The van der Waals surface area contributed by atoms with Gasteiger partial charge in [-0.25, -0.2) is 0 Å². The van der Waals surface area contributed by atoms with Gasteiger partial charge in [0.1, 0.15) is 12.1 Å². The summed E-state index contributed by atoms with van der Waals surface area (Å²) >= 11 is 1.32. The zero-order valence-electron chi connectivity index (χ0n) is 12.8. The molecule has 0 aliphatic carbocycles. The van der Waals surface area contributed by atoms with E-state index in [0.717, 1.165) is 25.9 Å². The summed E-state index contributed by atoms with van der Waals surface area (Å²) in [6, 6.07) is 2.21. The van der Waals surface area contributed by atoms with Crippen LogP contribution < -0.4 is 10.6 Å². The highest BCUT2D eigenvalue weighted by atomic mass is 32.1. The minimum Gasteiger partial charge on any atom is -0.343 e. The molecule has 0 saturated carbocycles. The topological polar surface area (TPSA) is 78.5 Å². The predicted molar refractivity (Wildman–Crippen MR) is 84.7 cm³/mol. The van der Waals surface area contributed by atoms with Gasteiger partial charge in [0.2, 0.25) is 11.8 Å². The van der Waals surface area contributed by atoms with E-state index in [1.807, 2.05) is 0 Å². The molecule has 120 valence electrons. The molecule has 3 amide bonds.